The van der Waals surface area contributed by atoms with Crippen molar-refractivity contribution in [3.05, 3.63) is 54.0 Å². The van der Waals surface area contributed by atoms with E-state index in [-0.39, 0.29) is 18.5 Å². The van der Waals surface area contributed by atoms with Gasteiger partial charge in [-0.25, -0.2) is 19.3 Å². The number of benzene rings is 1. The summed E-state index contributed by atoms with van der Waals surface area (Å²) < 4.78 is 33.0. The van der Waals surface area contributed by atoms with E-state index < -0.39 is 24.2 Å². The fraction of sp³-hybridized carbons (Fsp3) is 0.450. The number of nitrogens with zero attached hydrogens (tertiary/aromatic N) is 4. The lowest BCUT2D eigenvalue weighted by molar-refractivity contribution is -0.199. The minimum Gasteiger partial charge on any atom is -0.394 e. The van der Waals surface area contributed by atoms with Crippen LogP contribution in [0.1, 0.15) is 31.3 Å². The van der Waals surface area contributed by atoms with Gasteiger partial charge in [0.15, 0.2) is 17.7 Å². The van der Waals surface area contributed by atoms with Crippen LogP contribution in [0.3, 0.4) is 0 Å². The number of imidazole rings is 1. The number of rotatable bonds is 4. The van der Waals surface area contributed by atoms with Crippen molar-refractivity contribution >= 4 is 11.2 Å². The van der Waals surface area contributed by atoms with Gasteiger partial charge in [-0.1, -0.05) is 12.1 Å². The van der Waals surface area contributed by atoms with E-state index in [0.717, 1.165) is 11.3 Å². The summed E-state index contributed by atoms with van der Waals surface area (Å²) in [6, 6.07) is 6.30. The predicted octanol–water partition coefficient (Wildman–Crippen LogP) is 1.97. The molecule has 2 aliphatic heterocycles. The number of aliphatic hydroxyl groups excluding tert-OH is 1. The van der Waals surface area contributed by atoms with Crippen molar-refractivity contribution < 1.29 is 23.7 Å². The molecule has 29 heavy (non-hydrogen) atoms. The van der Waals surface area contributed by atoms with Gasteiger partial charge >= 0.3 is 0 Å². The first-order chi connectivity index (χ1) is 13.9. The molecule has 0 radical (unpaired) electrons. The van der Waals surface area contributed by atoms with Gasteiger partial charge in [-0.05, 0) is 31.5 Å². The van der Waals surface area contributed by atoms with Gasteiger partial charge in [0.05, 0.1) is 18.6 Å². The minimum absolute atomic E-state index is 0.172. The van der Waals surface area contributed by atoms with Gasteiger partial charge in [0.2, 0.25) is 0 Å². The monoisotopic (exact) mass is 400 g/mol. The zero-order chi connectivity index (χ0) is 20.2. The molecule has 0 spiro atoms. The maximum atomic E-state index is 13.2. The van der Waals surface area contributed by atoms with Gasteiger partial charge in [-0.2, -0.15) is 0 Å². The maximum Gasteiger partial charge on any atom is 0.166 e. The van der Waals surface area contributed by atoms with Crippen molar-refractivity contribution in [3.8, 4) is 0 Å². The molecule has 5 rings (SSSR count). The van der Waals surface area contributed by atoms with Crippen LogP contribution in [0, 0.1) is 5.82 Å². The van der Waals surface area contributed by atoms with Gasteiger partial charge in [-0.3, -0.25) is 4.57 Å². The second-order valence-corrected chi connectivity index (χ2v) is 7.76. The molecule has 0 saturated carbocycles. The largest absolute Gasteiger partial charge is 0.394 e. The highest BCUT2D eigenvalue weighted by molar-refractivity contribution is 5.73. The summed E-state index contributed by atoms with van der Waals surface area (Å²) in [5, 5.41) is 9.70. The smallest absolute Gasteiger partial charge is 0.166 e. The number of hydrogen-bond acceptors (Lipinski definition) is 7. The zero-order valence-corrected chi connectivity index (χ0v) is 16.0. The van der Waals surface area contributed by atoms with E-state index >= 15 is 0 Å². The van der Waals surface area contributed by atoms with Crippen molar-refractivity contribution in [1.82, 2.24) is 19.5 Å². The molecule has 0 amide bonds. The highest BCUT2D eigenvalue weighted by Crippen LogP contribution is 2.43. The first-order valence-electron chi connectivity index (χ1n) is 9.48. The van der Waals surface area contributed by atoms with Crippen molar-refractivity contribution in [2.45, 2.75) is 50.6 Å². The molecule has 1 aromatic carbocycles. The van der Waals surface area contributed by atoms with E-state index in [1.54, 1.807) is 23.0 Å². The van der Waals surface area contributed by atoms with Crippen LogP contribution in [-0.4, -0.2) is 55.3 Å². The van der Waals surface area contributed by atoms with Gasteiger partial charge in [-0.15, -0.1) is 0 Å². The van der Waals surface area contributed by atoms with E-state index in [1.165, 1.54) is 18.5 Å². The van der Waals surface area contributed by atoms with Crippen LogP contribution in [-0.2, 0) is 20.6 Å². The molecule has 152 valence electrons. The minimum atomic E-state index is -0.760. The Morgan fingerprint density at radius 2 is 1.86 bits per heavy atom. The van der Waals surface area contributed by atoms with Gasteiger partial charge in [0, 0.05) is 6.42 Å². The molecule has 3 aromatic rings. The SMILES string of the molecule is CC1(C)O[C@@H]2[C@H](O1)[C@@H](CO)O[C@H]2n1cnc2c(Cc3ccc(F)cc3)ncnc21. The summed E-state index contributed by atoms with van der Waals surface area (Å²) in [4.78, 5) is 13.3. The standard InChI is InChI=1S/C20H21FN4O4/c1-20(2)28-16-14(8-26)27-19(17(16)29-20)25-10-24-15-13(22-9-23-18(15)25)7-11-3-5-12(21)6-4-11/h3-6,9-10,14,16-17,19,26H,7-8H2,1-2H3/t14-,16-,17-,19-/m1/s1. The number of ether oxygens (including phenoxy) is 3. The topological polar surface area (TPSA) is 91.5 Å². The molecular weight excluding hydrogens is 379 g/mol. The molecule has 8 nitrogen and oxygen atoms in total. The van der Waals surface area contributed by atoms with E-state index in [9.17, 15) is 9.50 Å². The van der Waals surface area contributed by atoms with Gasteiger partial charge in [0.25, 0.3) is 0 Å². The van der Waals surface area contributed by atoms with Gasteiger partial charge in [0.1, 0.15) is 36.0 Å². The second-order valence-electron chi connectivity index (χ2n) is 7.76. The van der Waals surface area contributed by atoms with Crippen LogP contribution in [0.2, 0.25) is 0 Å². The fourth-order valence-corrected chi connectivity index (χ4v) is 4.04. The van der Waals surface area contributed by atoms with Crippen molar-refractivity contribution in [2.24, 2.45) is 0 Å². The average molecular weight is 400 g/mol. The first kappa shape index (κ1) is 18.6. The Labute approximate surface area is 166 Å². The first-order valence-corrected chi connectivity index (χ1v) is 9.48. The van der Waals surface area contributed by atoms with Crippen LogP contribution < -0.4 is 0 Å². The maximum absolute atomic E-state index is 13.2. The molecule has 1 N–H and O–H groups in total. The van der Waals surface area contributed by atoms with E-state index in [0.29, 0.717) is 17.6 Å². The summed E-state index contributed by atoms with van der Waals surface area (Å²) in [6.45, 7) is 3.51. The Kier molecular flexibility index (Phi) is 4.36. The van der Waals surface area contributed by atoms with Crippen LogP contribution in [0.15, 0.2) is 36.9 Å². The number of aliphatic hydroxyl groups is 1. The van der Waals surface area contributed by atoms with E-state index in [2.05, 4.69) is 15.0 Å². The Hall–Kier alpha value is -2.46. The summed E-state index contributed by atoms with van der Waals surface area (Å²) in [5.41, 5.74) is 2.90. The lowest BCUT2D eigenvalue weighted by Gasteiger charge is -2.24. The zero-order valence-electron chi connectivity index (χ0n) is 16.0. The quantitative estimate of drug-likeness (QED) is 0.716. The van der Waals surface area contributed by atoms with Crippen LogP contribution in [0.4, 0.5) is 4.39 Å². The molecule has 2 fully saturated rings. The lowest BCUT2D eigenvalue weighted by atomic mass is 10.1. The Balaban J connectivity index is 1.49. The summed E-state index contributed by atoms with van der Waals surface area (Å²) in [5.74, 6) is -1.04. The lowest BCUT2D eigenvalue weighted by Crippen LogP contribution is -2.31. The molecule has 4 atom stereocenters. The highest BCUT2D eigenvalue weighted by atomic mass is 19.1. The van der Waals surface area contributed by atoms with Crippen molar-refractivity contribution in [1.29, 1.82) is 0 Å². The van der Waals surface area contributed by atoms with Crippen LogP contribution >= 0.6 is 0 Å². The summed E-state index contributed by atoms with van der Waals surface area (Å²) >= 11 is 0. The molecule has 0 bridgehead atoms. The predicted molar refractivity (Wildman–Crippen MR) is 99.3 cm³/mol. The number of hydrogen-bond donors (Lipinski definition) is 1. The van der Waals surface area contributed by atoms with E-state index in [4.69, 9.17) is 14.2 Å². The molecule has 0 aliphatic carbocycles. The van der Waals surface area contributed by atoms with Crippen molar-refractivity contribution in [3.63, 3.8) is 0 Å². The second kappa shape index (κ2) is 6.81. The Morgan fingerprint density at radius 3 is 2.62 bits per heavy atom. The normalized spacial score (nSPS) is 28.1. The molecule has 4 heterocycles. The van der Waals surface area contributed by atoms with Crippen molar-refractivity contribution in [2.75, 3.05) is 6.61 Å². The number of halogens is 1. The Morgan fingerprint density at radius 1 is 1.10 bits per heavy atom. The third kappa shape index (κ3) is 3.20. The summed E-state index contributed by atoms with van der Waals surface area (Å²) in [7, 11) is 0. The number of aromatic nitrogens is 4. The molecule has 2 aliphatic rings. The Bertz CT molecular complexity index is 1040. The third-order valence-electron chi connectivity index (χ3n) is 5.30. The van der Waals surface area contributed by atoms with Crippen LogP contribution in [0.25, 0.3) is 11.2 Å². The highest BCUT2D eigenvalue weighted by Gasteiger charge is 2.55. The van der Waals surface area contributed by atoms with Gasteiger partial charge < -0.3 is 19.3 Å². The number of fused-ring (bicyclic) bond motifs is 2. The van der Waals surface area contributed by atoms with Crippen LogP contribution in [0.5, 0.6) is 0 Å². The molecule has 2 saturated heterocycles. The third-order valence-corrected chi connectivity index (χ3v) is 5.30. The molecule has 0 unspecified atom stereocenters. The van der Waals surface area contributed by atoms with E-state index in [1.807, 2.05) is 13.8 Å². The fourth-order valence-electron chi connectivity index (χ4n) is 4.04. The summed E-state index contributed by atoms with van der Waals surface area (Å²) in [6.07, 6.45) is 1.82. The molecule has 2 aromatic heterocycles. The molecule has 9 heteroatoms. The average Bonchev–Trinajstić information content (AvgIpc) is 3.34. The molecular formula is C20H21FN4O4.